The molecule has 1 fully saturated rings. The lowest BCUT2D eigenvalue weighted by atomic mass is 10.0. The number of morpholine rings is 1. The van der Waals surface area contributed by atoms with E-state index < -0.39 is 0 Å². The van der Waals surface area contributed by atoms with Gasteiger partial charge in [0, 0.05) is 24.7 Å². The van der Waals surface area contributed by atoms with Gasteiger partial charge in [-0.1, -0.05) is 24.8 Å². The number of aliphatic hydroxyl groups excluding tert-OH is 1. The summed E-state index contributed by atoms with van der Waals surface area (Å²) in [6.45, 7) is 5.01. The number of hydrogen-bond acceptors (Lipinski definition) is 3. The minimum atomic E-state index is -0.301. The summed E-state index contributed by atoms with van der Waals surface area (Å²) >= 11 is 0. The highest BCUT2D eigenvalue weighted by Gasteiger charge is 2.22. The van der Waals surface area contributed by atoms with Crippen LogP contribution in [0.5, 0.6) is 0 Å². The van der Waals surface area contributed by atoms with Gasteiger partial charge in [0.15, 0.2) is 0 Å². The summed E-state index contributed by atoms with van der Waals surface area (Å²) in [6.07, 6.45) is 1.03. The molecule has 0 bridgehead atoms. The highest BCUT2D eigenvalue weighted by molar-refractivity contribution is 5.41. The fourth-order valence-corrected chi connectivity index (χ4v) is 2.43. The molecule has 0 spiro atoms. The maximum absolute atomic E-state index is 13.3. The van der Waals surface area contributed by atoms with E-state index in [1.807, 2.05) is 0 Å². The van der Waals surface area contributed by atoms with Crippen LogP contribution in [0.3, 0.4) is 0 Å². The van der Waals surface area contributed by atoms with Gasteiger partial charge in [-0.3, -0.25) is 4.90 Å². The third-order valence-corrected chi connectivity index (χ3v) is 3.57. The molecule has 1 aromatic rings. The summed E-state index contributed by atoms with van der Waals surface area (Å²) in [5, 5.41) is 8.79. The van der Waals surface area contributed by atoms with E-state index in [0.717, 1.165) is 38.3 Å². The van der Waals surface area contributed by atoms with E-state index in [-0.39, 0.29) is 12.4 Å². The molecule has 1 unspecified atom stereocenters. The summed E-state index contributed by atoms with van der Waals surface area (Å²) in [7, 11) is 0. The summed E-state index contributed by atoms with van der Waals surface area (Å²) < 4.78 is 18.8. The number of nitrogens with zero attached hydrogens (tertiary/aromatic N) is 1. The van der Waals surface area contributed by atoms with E-state index in [2.05, 4.69) is 23.7 Å². The third kappa shape index (κ3) is 3.80. The van der Waals surface area contributed by atoms with Crippen molar-refractivity contribution in [3.63, 3.8) is 0 Å². The molecule has 0 aliphatic carbocycles. The SMILES string of the molecule is CCC1COCCN1Cc1ccc(F)cc1C#CCO. The zero-order valence-corrected chi connectivity index (χ0v) is 11.7. The maximum atomic E-state index is 13.3. The predicted molar refractivity (Wildman–Crippen MR) is 75.7 cm³/mol. The summed E-state index contributed by atoms with van der Waals surface area (Å²) in [5.74, 6) is 5.12. The van der Waals surface area contributed by atoms with Crippen LogP contribution in [-0.2, 0) is 11.3 Å². The molecule has 1 aliphatic rings. The first-order valence-electron chi connectivity index (χ1n) is 6.94. The Balaban J connectivity index is 2.19. The van der Waals surface area contributed by atoms with Gasteiger partial charge in [-0.15, -0.1) is 0 Å². The molecular formula is C16H20FNO2. The van der Waals surface area contributed by atoms with Gasteiger partial charge in [0.05, 0.1) is 13.2 Å². The Labute approximate surface area is 119 Å². The van der Waals surface area contributed by atoms with Crippen LogP contribution >= 0.6 is 0 Å². The van der Waals surface area contributed by atoms with Crippen LogP contribution in [0.15, 0.2) is 18.2 Å². The van der Waals surface area contributed by atoms with Gasteiger partial charge in [0.1, 0.15) is 12.4 Å². The molecule has 1 atom stereocenters. The first-order chi connectivity index (χ1) is 9.74. The average molecular weight is 277 g/mol. The molecule has 3 nitrogen and oxygen atoms in total. The second kappa shape index (κ2) is 7.39. The van der Waals surface area contributed by atoms with E-state index >= 15 is 0 Å². The molecule has 2 rings (SSSR count). The lowest BCUT2D eigenvalue weighted by Crippen LogP contribution is -2.44. The van der Waals surface area contributed by atoms with Gasteiger partial charge in [-0.05, 0) is 24.1 Å². The van der Waals surface area contributed by atoms with Gasteiger partial charge in [0.2, 0.25) is 0 Å². The van der Waals surface area contributed by atoms with Crippen LogP contribution < -0.4 is 0 Å². The summed E-state index contributed by atoms with van der Waals surface area (Å²) in [5.41, 5.74) is 1.65. The molecule has 1 N–H and O–H groups in total. The van der Waals surface area contributed by atoms with Gasteiger partial charge in [-0.2, -0.15) is 0 Å². The normalized spacial score (nSPS) is 19.4. The minimum Gasteiger partial charge on any atom is -0.384 e. The van der Waals surface area contributed by atoms with Crippen molar-refractivity contribution in [1.29, 1.82) is 0 Å². The fourth-order valence-electron chi connectivity index (χ4n) is 2.43. The summed E-state index contributed by atoms with van der Waals surface area (Å²) in [4.78, 5) is 2.35. The van der Waals surface area contributed by atoms with E-state index in [4.69, 9.17) is 9.84 Å². The van der Waals surface area contributed by atoms with Crippen molar-refractivity contribution in [1.82, 2.24) is 4.90 Å². The smallest absolute Gasteiger partial charge is 0.124 e. The molecule has 4 heteroatoms. The largest absolute Gasteiger partial charge is 0.384 e. The predicted octanol–water partition coefficient (Wildman–Crippen LogP) is 1.78. The van der Waals surface area contributed by atoms with E-state index in [1.54, 1.807) is 6.07 Å². The molecule has 0 saturated carbocycles. The zero-order valence-electron chi connectivity index (χ0n) is 11.7. The average Bonchev–Trinajstić information content (AvgIpc) is 2.48. The van der Waals surface area contributed by atoms with E-state index in [9.17, 15) is 4.39 Å². The second-order valence-corrected chi connectivity index (χ2v) is 4.87. The molecule has 0 radical (unpaired) electrons. The quantitative estimate of drug-likeness (QED) is 0.855. The number of hydrogen-bond donors (Lipinski definition) is 1. The minimum absolute atomic E-state index is 0.217. The van der Waals surface area contributed by atoms with Crippen molar-refractivity contribution in [3.8, 4) is 11.8 Å². The van der Waals surface area contributed by atoms with Gasteiger partial charge < -0.3 is 9.84 Å². The third-order valence-electron chi connectivity index (χ3n) is 3.57. The van der Waals surface area contributed by atoms with Gasteiger partial charge >= 0.3 is 0 Å². The lowest BCUT2D eigenvalue weighted by Gasteiger charge is -2.35. The monoisotopic (exact) mass is 277 g/mol. The molecule has 20 heavy (non-hydrogen) atoms. The van der Waals surface area contributed by atoms with Crippen LogP contribution in [0.25, 0.3) is 0 Å². The zero-order chi connectivity index (χ0) is 14.4. The number of ether oxygens (including phenoxy) is 1. The Hall–Kier alpha value is -1.41. The second-order valence-electron chi connectivity index (χ2n) is 4.87. The molecule has 108 valence electrons. The van der Waals surface area contributed by atoms with Gasteiger partial charge in [-0.25, -0.2) is 4.39 Å². The Morgan fingerprint density at radius 1 is 1.50 bits per heavy atom. The van der Waals surface area contributed by atoms with E-state index in [0.29, 0.717) is 11.6 Å². The van der Waals surface area contributed by atoms with Crippen LogP contribution in [0.2, 0.25) is 0 Å². The van der Waals surface area contributed by atoms with Crippen LogP contribution in [0.1, 0.15) is 24.5 Å². The Bertz CT molecular complexity index is 507. The highest BCUT2D eigenvalue weighted by atomic mass is 19.1. The first-order valence-corrected chi connectivity index (χ1v) is 6.94. The van der Waals surface area contributed by atoms with Crippen molar-refractivity contribution >= 4 is 0 Å². The molecule has 0 aromatic heterocycles. The number of aliphatic hydroxyl groups is 1. The summed E-state index contributed by atoms with van der Waals surface area (Å²) in [6, 6.07) is 5.06. The van der Waals surface area contributed by atoms with Crippen LogP contribution in [0, 0.1) is 17.7 Å². The Morgan fingerprint density at radius 3 is 3.10 bits per heavy atom. The highest BCUT2D eigenvalue weighted by Crippen LogP contribution is 2.18. The molecule has 1 heterocycles. The van der Waals surface area contributed by atoms with Crippen molar-refractivity contribution in [2.75, 3.05) is 26.4 Å². The maximum Gasteiger partial charge on any atom is 0.124 e. The number of rotatable bonds is 3. The number of benzene rings is 1. The van der Waals surface area contributed by atoms with Crippen molar-refractivity contribution in [2.45, 2.75) is 25.9 Å². The Morgan fingerprint density at radius 2 is 2.35 bits per heavy atom. The van der Waals surface area contributed by atoms with Crippen molar-refractivity contribution in [2.24, 2.45) is 0 Å². The lowest BCUT2D eigenvalue weighted by molar-refractivity contribution is -0.0127. The number of halogens is 1. The van der Waals surface area contributed by atoms with Gasteiger partial charge in [0.25, 0.3) is 0 Å². The fraction of sp³-hybridized carbons (Fsp3) is 0.500. The Kier molecular flexibility index (Phi) is 5.54. The topological polar surface area (TPSA) is 32.7 Å². The molecule has 1 aliphatic heterocycles. The molecular weight excluding hydrogens is 257 g/mol. The van der Waals surface area contributed by atoms with Crippen LogP contribution in [-0.4, -0.2) is 42.4 Å². The molecule has 1 saturated heterocycles. The molecule has 0 amide bonds. The molecule has 1 aromatic carbocycles. The van der Waals surface area contributed by atoms with Crippen molar-refractivity contribution < 1.29 is 14.2 Å². The van der Waals surface area contributed by atoms with Crippen molar-refractivity contribution in [3.05, 3.63) is 35.1 Å². The standard InChI is InChI=1S/C16H20FNO2/c1-2-16-12-20-9-7-18(16)11-14-5-6-15(17)10-13(14)4-3-8-19/h5-6,10,16,19H,2,7-9,11-12H2,1H3. The van der Waals surface area contributed by atoms with E-state index in [1.165, 1.54) is 12.1 Å². The first kappa shape index (κ1) is 15.0. The van der Waals surface area contributed by atoms with Crippen LogP contribution in [0.4, 0.5) is 4.39 Å².